The van der Waals surface area contributed by atoms with Crippen LogP contribution in [-0.4, -0.2) is 40.6 Å². The molecule has 1 fully saturated rings. The second-order valence-corrected chi connectivity index (χ2v) is 11.8. The number of halogens is 1. The summed E-state index contributed by atoms with van der Waals surface area (Å²) in [6, 6.07) is 9.84. The third kappa shape index (κ3) is 7.20. The summed E-state index contributed by atoms with van der Waals surface area (Å²) in [5.74, 6) is -0.0249. The monoisotopic (exact) mass is 499 g/mol. The number of hydrogen-bond donors (Lipinski definition) is 1. The van der Waals surface area contributed by atoms with Crippen molar-refractivity contribution in [1.82, 2.24) is 9.88 Å². The molecule has 3 rings (SSSR count). The fraction of sp³-hybridized carbons (Fsp3) is 0.536. The van der Waals surface area contributed by atoms with Gasteiger partial charge in [0.25, 0.3) is 5.91 Å². The summed E-state index contributed by atoms with van der Waals surface area (Å²) in [4.78, 5) is 30.1. The van der Waals surface area contributed by atoms with E-state index >= 15 is 0 Å². The molecule has 6 nitrogen and oxygen atoms in total. The van der Waals surface area contributed by atoms with Gasteiger partial charge in [0.1, 0.15) is 10.8 Å². The summed E-state index contributed by atoms with van der Waals surface area (Å²) in [6.45, 7) is 13.8. The highest BCUT2D eigenvalue weighted by Gasteiger charge is 2.27. The molecular weight excluding hydrogens is 462 g/mol. The number of primary amides is 1. The number of likely N-dealkylation sites (tertiary alicyclic amines) is 1. The van der Waals surface area contributed by atoms with Crippen molar-refractivity contribution >= 4 is 23.6 Å². The van der Waals surface area contributed by atoms with Crippen molar-refractivity contribution in [2.24, 2.45) is 11.7 Å². The summed E-state index contributed by atoms with van der Waals surface area (Å²) < 4.78 is 5.52. The van der Waals surface area contributed by atoms with Crippen molar-refractivity contribution < 1.29 is 14.3 Å². The van der Waals surface area contributed by atoms with E-state index in [0.717, 1.165) is 44.3 Å². The Kier molecular flexibility index (Phi) is 8.15. The molecule has 1 aliphatic heterocycles. The van der Waals surface area contributed by atoms with Gasteiger partial charge in [-0.05, 0) is 87.1 Å². The van der Waals surface area contributed by atoms with Gasteiger partial charge in [-0.3, -0.25) is 4.79 Å². The number of nitrogens with zero attached hydrogens (tertiary/aromatic N) is 2. The largest absolute Gasteiger partial charge is 0.444 e. The minimum Gasteiger partial charge on any atom is -0.444 e. The molecule has 1 saturated heterocycles. The maximum atomic E-state index is 12.4. The van der Waals surface area contributed by atoms with Crippen molar-refractivity contribution in [3.63, 3.8) is 0 Å². The smallest absolute Gasteiger partial charge is 0.410 e. The fourth-order valence-corrected chi connectivity index (χ4v) is 4.81. The molecule has 1 aliphatic rings. The highest BCUT2D eigenvalue weighted by Crippen LogP contribution is 2.33. The SMILES string of the molecule is CC(C)(C)OC(=O)N1CCC(CCc2cc(-c3ccc(C(N)=O)c(Cl)n3)ccc2C(C)(C)C)CC1. The molecule has 0 spiro atoms. The van der Waals surface area contributed by atoms with E-state index in [1.54, 1.807) is 12.1 Å². The number of aryl methyl sites for hydroxylation is 1. The van der Waals surface area contributed by atoms with E-state index in [2.05, 4.69) is 44.0 Å². The van der Waals surface area contributed by atoms with Crippen LogP contribution in [0.3, 0.4) is 0 Å². The molecule has 2 aromatic rings. The molecule has 0 bridgehead atoms. The molecule has 0 saturated carbocycles. The Morgan fingerprint density at radius 2 is 1.74 bits per heavy atom. The number of ether oxygens (including phenoxy) is 1. The van der Waals surface area contributed by atoms with E-state index in [9.17, 15) is 9.59 Å². The second kappa shape index (κ2) is 10.6. The van der Waals surface area contributed by atoms with Gasteiger partial charge in [0, 0.05) is 18.7 Å². The van der Waals surface area contributed by atoms with Crippen LogP contribution in [-0.2, 0) is 16.6 Å². The normalized spacial score (nSPS) is 15.2. The minimum atomic E-state index is -0.587. The molecule has 0 unspecified atom stereocenters. The fourth-order valence-electron chi connectivity index (χ4n) is 4.56. The zero-order chi connectivity index (χ0) is 26.0. The first kappa shape index (κ1) is 27.0. The van der Waals surface area contributed by atoms with Gasteiger partial charge in [0.2, 0.25) is 0 Å². The van der Waals surface area contributed by atoms with E-state index in [0.29, 0.717) is 11.6 Å². The van der Waals surface area contributed by atoms with Gasteiger partial charge in [0.15, 0.2) is 0 Å². The predicted molar refractivity (Wildman–Crippen MR) is 141 cm³/mol. The number of piperidine rings is 1. The summed E-state index contributed by atoms with van der Waals surface area (Å²) in [6.07, 6.45) is 3.76. The van der Waals surface area contributed by atoms with E-state index < -0.39 is 11.5 Å². The van der Waals surface area contributed by atoms with Crippen LogP contribution in [0.25, 0.3) is 11.3 Å². The van der Waals surface area contributed by atoms with Crippen LogP contribution >= 0.6 is 11.6 Å². The quantitative estimate of drug-likeness (QED) is 0.484. The van der Waals surface area contributed by atoms with Gasteiger partial charge in [-0.2, -0.15) is 0 Å². The van der Waals surface area contributed by atoms with Crippen LogP contribution < -0.4 is 5.73 Å². The molecule has 35 heavy (non-hydrogen) atoms. The van der Waals surface area contributed by atoms with Gasteiger partial charge in [0.05, 0.1) is 11.3 Å². The number of carbonyl (C=O) groups excluding carboxylic acids is 2. The third-order valence-electron chi connectivity index (χ3n) is 6.41. The Hall–Kier alpha value is -2.60. The standard InChI is InChI=1S/C28H38ClN3O3/c1-27(2,3)22-11-9-20(23-12-10-21(25(30)33)24(29)31-23)17-19(22)8-7-18-13-15-32(16-14-18)26(34)35-28(4,5)6/h9-12,17-18H,7-8,13-16H2,1-6H3,(H2,30,33). The van der Waals surface area contributed by atoms with Crippen LogP contribution in [0.1, 0.15) is 82.3 Å². The number of pyridine rings is 1. The first-order valence-corrected chi connectivity index (χ1v) is 12.7. The van der Waals surface area contributed by atoms with E-state index in [1.807, 2.05) is 25.7 Å². The van der Waals surface area contributed by atoms with Crippen LogP contribution in [0.4, 0.5) is 4.79 Å². The number of benzene rings is 1. The molecular formula is C28H38ClN3O3. The van der Waals surface area contributed by atoms with E-state index in [1.165, 1.54) is 11.1 Å². The Bertz CT molecular complexity index is 1080. The van der Waals surface area contributed by atoms with Crippen molar-refractivity contribution in [3.8, 4) is 11.3 Å². The van der Waals surface area contributed by atoms with E-state index in [4.69, 9.17) is 22.1 Å². The maximum Gasteiger partial charge on any atom is 0.410 e. The molecule has 7 heteroatoms. The van der Waals surface area contributed by atoms with Crippen LogP contribution in [0.15, 0.2) is 30.3 Å². The van der Waals surface area contributed by atoms with Gasteiger partial charge in [-0.25, -0.2) is 9.78 Å². The first-order chi connectivity index (χ1) is 16.2. The lowest BCUT2D eigenvalue weighted by Gasteiger charge is -2.33. The molecule has 0 radical (unpaired) electrons. The molecule has 0 aliphatic carbocycles. The summed E-state index contributed by atoms with van der Waals surface area (Å²) >= 11 is 6.20. The van der Waals surface area contributed by atoms with Crippen molar-refractivity contribution in [1.29, 1.82) is 0 Å². The molecule has 2 amide bonds. The number of amides is 2. The Balaban J connectivity index is 1.72. The second-order valence-electron chi connectivity index (χ2n) is 11.5. The first-order valence-electron chi connectivity index (χ1n) is 12.3. The van der Waals surface area contributed by atoms with Crippen molar-refractivity contribution in [2.75, 3.05) is 13.1 Å². The molecule has 1 aromatic heterocycles. The number of carbonyl (C=O) groups is 2. The molecule has 0 atom stereocenters. The van der Waals surface area contributed by atoms with Gasteiger partial charge in [-0.15, -0.1) is 0 Å². The highest BCUT2D eigenvalue weighted by atomic mass is 35.5. The van der Waals surface area contributed by atoms with Crippen molar-refractivity contribution in [3.05, 3.63) is 52.2 Å². The van der Waals surface area contributed by atoms with Crippen LogP contribution in [0.5, 0.6) is 0 Å². The highest BCUT2D eigenvalue weighted by molar-refractivity contribution is 6.32. The molecule has 2 heterocycles. The number of hydrogen-bond acceptors (Lipinski definition) is 4. The predicted octanol–water partition coefficient (Wildman–Crippen LogP) is 6.38. The minimum absolute atomic E-state index is 0.00877. The number of aromatic nitrogens is 1. The van der Waals surface area contributed by atoms with Crippen LogP contribution in [0, 0.1) is 5.92 Å². The lowest BCUT2D eigenvalue weighted by Crippen LogP contribution is -2.41. The average molecular weight is 500 g/mol. The summed E-state index contributed by atoms with van der Waals surface area (Å²) in [5, 5.41) is 0.119. The average Bonchev–Trinajstić information content (AvgIpc) is 2.75. The number of rotatable bonds is 5. The lowest BCUT2D eigenvalue weighted by atomic mass is 9.80. The van der Waals surface area contributed by atoms with Gasteiger partial charge in [-0.1, -0.05) is 44.5 Å². The topological polar surface area (TPSA) is 85.5 Å². The Morgan fingerprint density at radius 1 is 1.09 bits per heavy atom. The Labute approximate surface area is 214 Å². The summed E-state index contributed by atoms with van der Waals surface area (Å²) in [5.41, 5.74) is 9.41. The van der Waals surface area contributed by atoms with Gasteiger partial charge >= 0.3 is 6.09 Å². The van der Waals surface area contributed by atoms with Crippen LogP contribution in [0.2, 0.25) is 5.15 Å². The third-order valence-corrected chi connectivity index (χ3v) is 6.70. The zero-order valence-electron chi connectivity index (χ0n) is 21.8. The Morgan fingerprint density at radius 3 is 2.29 bits per heavy atom. The molecule has 2 N–H and O–H groups in total. The molecule has 190 valence electrons. The maximum absolute atomic E-state index is 12.4. The van der Waals surface area contributed by atoms with E-state index in [-0.39, 0.29) is 22.2 Å². The van der Waals surface area contributed by atoms with Gasteiger partial charge < -0.3 is 15.4 Å². The van der Waals surface area contributed by atoms with Crippen molar-refractivity contribution in [2.45, 2.75) is 78.2 Å². The zero-order valence-corrected chi connectivity index (χ0v) is 22.5. The number of nitrogens with two attached hydrogens (primary N) is 1. The lowest BCUT2D eigenvalue weighted by molar-refractivity contribution is 0.0181. The summed E-state index contributed by atoms with van der Waals surface area (Å²) in [7, 11) is 0. The molecule has 1 aromatic carbocycles.